The fourth-order valence-electron chi connectivity index (χ4n) is 1.30. The van der Waals surface area contributed by atoms with Gasteiger partial charge in [-0.2, -0.15) is 0 Å². The van der Waals surface area contributed by atoms with Crippen molar-refractivity contribution in [2.24, 2.45) is 0 Å². The number of rotatable bonds is 4. The molecule has 0 fully saturated rings. The van der Waals surface area contributed by atoms with Crippen molar-refractivity contribution < 1.29 is 9.53 Å². The lowest BCUT2D eigenvalue weighted by Crippen LogP contribution is -2.31. The van der Waals surface area contributed by atoms with Crippen LogP contribution in [0.1, 0.15) is 19.4 Å². The number of carbonyl (C=O) groups is 1. The first kappa shape index (κ1) is 11.6. The fourth-order valence-corrected chi connectivity index (χ4v) is 1.30. The summed E-state index contributed by atoms with van der Waals surface area (Å²) in [5.41, 5.74) is 0.994. The molecule has 0 aromatic heterocycles. The van der Waals surface area contributed by atoms with E-state index in [1.165, 1.54) is 0 Å². The van der Waals surface area contributed by atoms with Crippen LogP contribution in [0.5, 0.6) is 5.75 Å². The molecule has 82 valence electrons. The number of nitrogens with one attached hydrogen (secondary N) is 1. The van der Waals surface area contributed by atoms with E-state index in [0.29, 0.717) is 6.42 Å². The molecule has 1 aromatic rings. The van der Waals surface area contributed by atoms with E-state index in [9.17, 15) is 4.79 Å². The zero-order valence-electron chi connectivity index (χ0n) is 9.41. The Morgan fingerprint density at radius 2 is 1.93 bits per heavy atom. The lowest BCUT2D eigenvalue weighted by Gasteiger charge is -2.08. The average Bonchev–Trinajstić information content (AvgIpc) is 2.17. The zero-order chi connectivity index (χ0) is 11.3. The molecule has 3 nitrogen and oxygen atoms in total. The lowest BCUT2D eigenvalue weighted by atomic mass is 10.1. The SMILES string of the molecule is COc1ccc(CC(=O)NC(C)C)cc1. The van der Waals surface area contributed by atoms with Gasteiger partial charge in [-0.3, -0.25) is 4.79 Å². The van der Waals surface area contributed by atoms with Crippen molar-refractivity contribution in [1.82, 2.24) is 5.32 Å². The quantitative estimate of drug-likeness (QED) is 0.817. The Bertz CT molecular complexity index is 317. The third-order valence-electron chi connectivity index (χ3n) is 1.97. The summed E-state index contributed by atoms with van der Waals surface area (Å²) in [6.07, 6.45) is 0.419. The van der Waals surface area contributed by atoms with Gasteiger partial charge in [0.2, 0.25) is 5.91 Å². The Morgan fingerprint density at radius 3 is 2.40 bits per heavy atom. The summed E-state index contributed by atoms with van der Waals surface area (Å²) in [6.45, 7) is 3.90. The maximum atomic E-state index is 11.4. The molecule has 0 heterocycles. The number of hydrogen-bond donors (Lipinski definition) is 1. The summed E-state index contributed by atoms with van der Waals surface area (Å²) in [6, 6.07) is 7.71. The molecular weight excluding hydrogens is 190 g/mol. The third-order valence-corrected chi connectivity index (χ3v) is 1.97. The summed E-state index contributed by atoms with van der Waals surface area (Å²) < 4.78 is 5.04. The van der Waals surface area contributed by atoms with Gasteiger partial charge in [-0.05, 0) is 31.5 Å². The second kappa shape index (κ2) is 5.39. The van der Waals surface area contributed by atoms with Gasteiger partial charge in [-0.1, -0.05) is 12.1 Å². The van der Waals surface area contributed by atoms with Crippen molar-refractivity contribution in [2.75, 3.05) is 7.11 Å². The summed E-state index contributed by atoms with van der Waals surface area (Å²) in [5, 5.41) is 2.85. The van der Waals surface area contributed by atoms with Crippen molar-refractivity contribution in [2.45, 2.75) is 26.3 Å². The van der Waals surface area contributed by atoms with Crippen LogP contribution in [0.2, 0.25) is 0 Å². The number of methoxy groups -OCH3 is 1. The normalized spacial score (nSPS) is 10.1. The summed E-state index contributed by atoms with van der Waals surface area (Å²) in [4.78, 5) is 11.4. The molecule has 1 rings (SSSR count). The maximum absolute atomic E-state index is 11.4. The van der Waals surface area contributed by atoms with Gasteiger partial charge in [-0.25, -0.2) is 0 Å². The molecule has 0 aliphatic heterocycles. The largest absolute Gasteiger partial charge is 0.497 e. The van der Waals surface area contributed by atoms with Crippen LogP contribution in [0.4, 0.5) is 0 Å². The number of ether oxygens (including phenoxy) is 1. The Balaban J connectivity index is 2.53. The van der Waals surface area contributed by atoms with Crippen LogP contribution in [0.3, 0.4) is 0 Å². The number of carbonyl (C=O) groups excluding carboxylic acids is 1. The van der Waals surface area contributed by atoms with Crippen LogP contribution in [0.15, 0.2) is 24.3 Å². The summed E-state index contributed by atoms with van der Waals surface area (Å²) >= 11 is 0. The third kappa shape index (κ3) is 4.02. The van der Waals surface area contributed by atoms with Gasteiger partial charge in [0.15, 0.2) is 0 Å². The van der Waals surface area contributed by atoms with E-state index in [1.807, 2.05) is 38.1 Å². The smallest absolute Gasteiger partial charge is 0.224 e. The minimum absolute atomic E-state index is 0.0511. The zero-order valence-corrected chi connectivity index (χ0v) is 9.41. The first-order valence-corrected chi connectivity index (χ1v) is 5.04. The Hall–Kier alpha value is -1.51. The summed E-state index contributed by atoms with van der Waals surface area (Å²) in [7, 11) is 1.63. The molecule has 1 N–H and O–H groups in total. The molecule has 1 amide bonds. The first-order valence-electron chi connectivity index (χ1n) is 5.04. The molecule has 0 aliphatic rings. The summed E-state index contributed by atoms with van der Waals surface area (Å²) in [5.74, 6) is 0.859. The predicted molar refractivity (Wildman–Crippen MR) is 60.0 cm³/mol. The van der Waals surface area contributed by atoms with E-state index >= 15 is 0 Å². The highest BCUT2D eigenvalue weighted by atomic mass is 16.5. The molecule has 0 bridgehead atoms. The molecule has 0 radical (unpaired) electrons. The van der Waals surface area contributed by atoms with Gasteiger partial charge in [0.25, 0.3) is 0 Å². The molecule has 0 atom stereocenters. The van der Waals surface area contributed by atoms with Crippen molar-refractivity contribution in [1.29, 1.82) is 0 Å². The Kier molecular flexibility index (Phi) is 4.16. The van der Waals surface area contributed by atoms with Gasteiger partial charge in [-0.15, -0.1) is 0 Å². The van der Waals surface area contributed by atoms with Crippen LogP contribution >= 0.6 is 0 Å². The van der Waals surface area contributed by atoms with Gasteiger partial charge >= 0.3 is 0 Å². The Morgan fingerprint density at radius 1 is 1.33 bits per heavy atom. The molecule has 0 spiro atoms. The highest BCUT2D eigenvalue weighted by Crippen LogP contribution is 2.11. The molecule has 0 unspecified atom stereocenters. The standard InChI is InChI=1S/C12H17NO2/c1-9(2)13-12(14)8-10-4-6-11(15-3)7-5-10/h4-7,9H,8H2,1-3H3,(H,13,14). The van der Waals surface area contributed by atoms with E-state index in [2.05, 4.69) is 5.32 Å². The second-order valence-electron chi connectivity index (χ2n) is 3.75. The van der Waals surface area contributed by atoms with E-state index < -0.39 is 0 Å². The van der Waals surface area contributed by atoms with Crippen molar-refractivity contribution in [3.63, 3.8) is 0 Å². The maximum Gasteiger partial charge on any atom is 0.224 e. The highest BCUT2D eigenvalue weighted by molar-refractivity contribution is 5.78. The molecule has 0 saturated carbocycles. The van der Waals surface area contributed by atoms with Gasteiger partial charge in [0, 0.05) is 6.04 Å². The van der Waals surface area contributed by atoms with Crippen molar-refractivity contribution in [3.05, 3.63) is 29.8 Å². The van der Waals surface area contributed by atoms with E-state index in [1.54, 1.807) is 7.11 Å². The average molecular weight is 207 g/mol. The minimum Gasteiger partial charge on any atom is -0.497 e. The number of hydrogen-bond acceptors (Lipinski definition) is 2. The van der Waals surface area contributed by atoms with Gasteiger partial charge in [0.1, 0.15) is 5.75 Å². The van der Waals surface area contributed by atoms with Crippen LogP contribution in [0.25, 0.3) is 0 Å². The molecule has 1 aromatic carbocycles. The van der Waals surface area contributed by atoms with Gasteiger partial charge in [0.05, 0.1) is 13.5 Å². The highest BCUT2D eigenvalue weighted by Gasteiger charge is 2.04. The van der Waals surface area contributed by atoms with Gasteiger partial charge < -0.3 is 10.1 Å². The second-order valence-corrected chi connectivity index (χ2v) is 3.75. The molecule has 3 heteroatoms. The molecule has 0 aliphatic carbocycles. The predicted octanol–water partition coefficient (Wildman–Crippen LogP) is 1.76. The number of amides is 1. The topological polar surface area (TPSA) is 38.3 Å². The van der Waals surface area contributed by atoms with E-state index in [0.717, 1.165) is 11.3 Å². The monoisotopic (exact) mass is 207 g/mol. The van der Waals surface area contributed by atoms with E-state index in [-0.39, 0.29) is 11.9 Å². The van der Waals surface area contributed by atoms with Crippen molar-refractivity contribution in [3.8, 4) is 5.75 Å². The lowest BCUT2D eigenvalue weighted by molar-refractivity contribution is -0.120. The molecular formula is C12H17NO2. The minimum atomic E-state index is 0.0511. The van der Waals surface area contributed by atoms with Crippen LogP contribution in [0, 0.1) is 0 Å². The molecule has 0 saturated heterocycles. The Labute approximate surface area is 90.4 Å². The molecule has 15 heavy (non-hydrogen) atoms. The van der Waals surface area contributed by atoms with Crippen LogP contribution in [-0.2, 0) is 11.2 Å². The van der Waals surface area contributed by atoms with Crippen LogP contribution in [-0.4, -0.2) is 19.1 Å². The fraction of sp³-hybridized carbons (Fsp3) is 0.417. The van der Waals surface area contributed by atoms with Crippen LogP contribution < -0.4 is 10.1 Å². The van der Waals surface area contributed by atoms with E-state index in [4.69, 9.17) is 4.74 Å². The van der Waals surface area contributed by atoms with Crippen molar-refractivity contribution >= 4 is 5.91 Å². The number of benzene rings is 1. The first-order chi connectivity index (χ1) is 7.11.